The normalized spacial score (nSPS) is 20.1. The lowest BCUT2D eigenvalue weighted by atomic mass is 9.88. The van der Waals surface area contributed by atoms with E-state index >= 15 is 0 Å². The van der Waals surface area contributed by atoms with Crippen molar-refractivity contribution in [1.29, 1.82) is 5.26 Å². The van der Waals surface area contributed by atoms with E-state index in [9.17, 15) is 0 Å². The van der Waals surface area contributed by atoms with Gasteiger partial charge in [-0.1, -0.05) is 23.7 Å². The Labute approximate surface area is 93.5 Å². The van der Waals surface area contributed by atoms with Crippen LogP contribution in [0.2, 0.25) is 0 Å². The van der Waals surface area contributed by atoms with E-state index in [1.165, 1.54) is 0 Å². The van der Waals surface area contributed by atoms with E-state index in [4.69, 9.17) is 16.9 Å². The van der Waals surface area contributed by atoms with Crippen LogP contribution in [0.1, 0.15) is 12.0 Å². The van der Waals surface area contributed by atoms with Crippen LogP contribution in [-0.4, -0.2) is 4.98 Å². The Kier molecular flexibility index (Phi) is 2.84. The number of allylic oxidation sites excluding steroid dienone is 4. The van der Waals surface area contributed by atoms with Crippen molar-refractivity contribution in [2.24, 2.45) is 5.92 Å². The lowest BCUT2D eigenvalue weighted by Gasteiger charge is -2.16. The van der Waals surface area contributed by atoms with Gasteiger partial charge in [0, 0.05) is 17.4 Å². The zero-order valence-electron chi connectivity index (χ0n) is 8.02. The van der Waals surface area contributed by atoms with E-state index in [2.05, 4.69) is 11.1 Å². The number of halogens is 1. The zero-order valence-corrected chi connectivity index (χ0v) is 8.78. The molecule has 2 nitrogen and oxygen atoms in total. The molecular formula is C12H9ClN2. The van der Waals surface area contributed by atoms with E-state index in [1.807, 2.05) is 24.3 Å². The van der Waals surface area contributed by atoms with E-state index in [0.717, 1.165) is 11.1 Å². The van der Waals surface area contributed by atoms with Crippen LogP contribution >= 0.6 is 11.6 Å². The van der Waals surface area contributed by atoms with Crippen LogP contribution in [0.3, 0.4) is 0 Å². The predicted octanol–water partition coefficient (Wildman–Crippen LogP) is 3.13. The molecule has 1 aromatic rings. The maximum Gasteiger partial charge on any atom is 0.0754 e. The van der Waals surface area contributed by atoms with Crippen molar-refractivity contribution in [2.75, 3.05) is 0 Å². The molecule has 74 valence electrons. The van der Waals surface area contributed by atoms with Crippen LogP contribution in [-0.2, 0) is 0 Å². The Bertz CT molecular complexity index is 454. The Morgan fingerprint density at radius 2 is 2.40 bits per heavy atom. The van der Waals surface area contributed by atoms with Crippen molar-refractivity contribution in [2.45, 2.75) is 6.42 Å². The van der Waals surface area contributed by atoms with Gasteiger partial charge in [0.15, 0.2) is 0 Å². The molecule has 1 heterocycles. The lowest BCUT2D eigenvalue weighted by molar-refractivity contribution is 0.856. The molecule has 0 radical (unpaired) electrons. The number of rotatable bonds is 1. The summed E-state index contributed by atoms with van der Waals surface area (Å²) in [5.74, 6) is -0.114. The van der Waals surface area contributed by atoms with E-state index in [-0.39, 0.29) is 5.92 Å². The molecular weight excluding hydrogens is 208 g/mol. The molecule has 0 fully saturated rings. The fraction of sp³-hybridized carbons (Fsp3) is 0.167. The Balaban J connectivity index is 2.42. The first kappa shape index (κ1) is 9.95. The molecule has 0 saturated carbocycles. The minimum absolute atomic E-state index is 0.114. The molecule has 1 aliphatic carbocycles. The molecule has 0 aliphatic heterocycles. The van der Waals surface area contributed by atoms with Gasteiger partial charge >= 0.3 is 0 Å². The van der Waals surface area contributed by atoms with Crippen LogP contribution in [0.25, 0.3) is 5.57 Å². The highest BCUT2D eigenvalue weighted by Gasteiger charge is 2.18. The third-order valence-electron chi connectivity index (χ3n) is 2.37. The fourth-order valence-corrected chi connectivity index (χ4v) is 1.81. The van der Waals surface area contributed by atoms with Gasteiger partial charge in [0.2, 0.25) is 0 Å². The van der Waals surface area contributed by atoms with Crippen LogP contribution < -0.4 is 0 Å². The SMILES string of the molecule is N#CC1CC=C(Cl)C=C1c1cccnc1. The highest BCUT2D eigenvalue weighted by molar-refractivity contribution is 6.31. The molecule has 0 spiro atoms. The fourth-order valence-electron chi connectivity index (χ4n) is 1.61. The second-order valence-corrected chi connectivity index (χ2v) is 3.78. The number of nitrogens with zero attached hydrogens (tertiary/aromatic N) is 2. The van der Waals surface area contributed by atoms with Gasteiger partial charge < -0.3 is 0 Å². The highest BCUT2D eigenvalue weighted by atomic mass is 35.5. The molecule has 0 N–H and O–H groups in total. The molecule has 2 rings (SSSR count). The van der Waals surface area contributed by atoms with Crippen LogP contribution in [0.5, 0.6) is 0 Å². The zero-order chi connectivity index (χ0) is 10.7. The predicted molar refractivity (Wildman–Crippen MR) is 59.9 cm³/mol. The highest BCUT2D eigenvalue weighted by Crippen LogP contribution is 2.32. The molecule has 1 atom stereocenters. The number of nitriles is 1. The maximum absolute atomic E-state index is 9.03. The van der Waals surface area contributed by atoms with Crippen molar-refractivity contribution in [3.8, 4) is 6.07 Å². The average Bonchev–Trinajstić information content (AvgIpc) is 2.30. The minimum atomic E-state index is -0.114. The third-order valence-corrected chi connectivity index (χ3v) is 2.63. The summed E-state index contributed by atoms with van der Waals surface area (Å²) in [6.45, 7) is 0. The monoisotopic (exact) mass is 216 g/mol. The van der Waals surface area contributed by atoms with Crippen molar-refractivity contribution >= 4 is 17.2 Å². The molecule has 1 aliphatic rings. The number of hydrogen-bond acceptors (Lipinski definition) is 2. The molecule has 1 unspecified atom stereocenters. The molecule has 0 amide bonds. The van der Waals surface area contributed by atoms with Crippen LogP contribution in [0, 0.1) is 17.2 Å². The smallest absolute Gasteiger partial charge is 0.0754 e. The first-order valence-corrected chi connectivity index (χ1v) is 5.06. The van der Waals surface area contributed by atoms with Gasteiger partial charge in [0.05, 0.1) is 12.0 Å². The van der Waals surface area contributed by atoms with Crippen LogP contribution in [0.4, 0.5) is 0 Å². The number of aromatic nitrogens is 1. The molecule has 0 saturated heterocycles. The van der Waals surface area contributed by atoms with Gasteiger partial charge in [-0.3, -0.25) is 4.98 Å². The van der Waals surface area contributed by atoms with Gasteiger partial charge in [-0.25, -0.2) is 0 Å². The molecule has 0 aromatic carbocycles. The molecule has 15 heavy (non-hydrogen) atoms. The molecule has 3 heteroatoms. The second-order valence-electron chi connectivity index (χ2n) is 3.35. The summed E-state index contributed by atoms with van der Waals surface area (Å²) in [7, 11) is 0. The average molecular weight is 217 g/mol. The van der Waals surface area contributed by atoms with E-state index in [0.29, 0.717) is 11.5 Å². The van der Waals surface area contributed by atoms with Gasteiger partial charge in [0.25, 0.3) is 0 Å². The van der Waals surface area contributed by atoms with Gasteiger partial charge in [-0.05, 0) is 29.7 Å². The summed E-state index contributed by atoms with van der Waals surface area (Å²) in [4.78, 5) is 4.04. The molecule has 0 bridgehead atoms. The van der Waals surface area contributed by atoms with Gasteiger partial charge in [0.1, 0.15) is 0 Å². The minimum Gasteiger partial charge on any atom is -0.264 e. The summed E-state index contributed by atoms with van der Waals surface area (Å²) in [6.07, 6.45) is 7.86. The quantitative estimate of drug-likeness (QED) is 0.723. The van der Waals surface area contributed by atoms with Gasteiger partial charge in [-0.15, -0.1) is 0 Å². The summed E-state index contributed by atoms with van der Waals surface area (Å²) >= 11 is 5.94. The standard InChI is InChI=1S/C12H9ClN2/c13-11-4-3-9(7-14)12(6-11)10-2-1-5-15-8-10/h1-2,4-6,8-9H,3H2. The number of hydrogen-bond donors (Lipinski definition) is 0. The summed E-state index contributed by atoms with van der Waals surface area (Å²) in [6, 6.07) is 6.07. The van der Waals surface area contributed by atoms with E-state index < -0.39 is 0 Å². The summed E-state index contributed by atoms with van der Waals surface area (Å²) in [5, 5.41) is 9.72. The Hall–Kier alpha value is -1.59. The first-order valence-electron chi connectivity index (χ1n) is 4.68. The van der Waals surface area contributed by atoms with E-state index in [1.54, 1.807) is 12.4 Å². The van der Waals surface area contributed by atoms with Crippen molar-refractivity contribution < 1.29 is 0 Å². The largest absolute Gasteiger partial charge is 0.264 e. The van der Waals surface area contributed by atoms with Crippen LogP contribution in [0.15, 0.2) is 41.7 Å². The first-order chi connectivity index (χ1) is 7.31. The van der Waals surface area contributed by atoms with Crippen molar-refractivity contribution in [3.05, 3.63) is 47.3 Å². The third kappa shape index (κ3) is 2.08. The van der Waals surface area contributed by atoms with Crippen molar-refractivity contribution in [1.82, 2.24) is 4.98 Å². The topological polar surface area (TPSA) is 36.7 Å². The summed E-state index contributed by atoms with van der Waals surface area (Å²) in [5.41, 5.74) is 1.92. The second kappa shape index (κ2) is 4.29. The number of pyridine rings is 1. The van der Waals surface area contributed by atoms with Gasteiger partial charge in [-0.2, -0.15) is 5.26 Å². The molecule has 1 aromatic heterocycles. The maximum atomic E-state index is 9.03. The summed E-state index contributed by atoms with van der Waals surface area (Å²) < 4.78 is 0. The lowest BCUT2D eigenvalue weighted by Crippen LogP contribution is -2.04. The Morgan fingerprint density at radius 3 is 3.07 bits per heavy atom. The van der Waals surface area contributed by atoms with Crippen molar-refractivity contribution in [3.63, 3.8) is 0 Å². The Morgan fingerprint density at radius 1 is 1.53 bits per heavy atom.